The van der Waals surface area contributed by atoms with E-state index in [1.54, 1.807) is 7.11 Å². The summed E-state index contributed by atoms with van der Waals surface area (Å²) in [5.74, 6) is 2.39. The highest BCUT2D eigenvalue weighted by Crippen LogP contribution is 2.34. The van der Waals surface area contributed by atoms with Crippen LogP contribution in [0.5, 0.6) is 17.2 Å². The number of fused-ring (bicyclic) bond motifs is 1. The van der Waals surface area contributed by atoms with Crippen molar-refractivity contribution < 1.29 is 19.3 Å². The van der Waals surface area contributed by atoms with Gasteiger partial charge in [-0.3, -0.25) is 0 Å². The van der Waals surface area contributed by atoms with E-state index in [1.165, 1.54) is 0 Å². The van der Waals surface area contributed by atoms with Crippen molar-refractivity contribution in [1.82, 2.24) is 5.32 Å². The summed E-state index contributed by atoms with van der Waals surface area (Å²) in [7, 11) is 1.66. The zero-order chi connectivity index (χ0) is 17.6. The third-order valence-corrected chi connectivity index (χ3v) is 4.37. The number of aliphatic hydroxyl groups excluding tert-OH is 1. The Morgan fingerprint density at radius 3 is 2.88 bits per heavy atom. The van der Waals surface area contributed by atoms with Gasteiger partial charge in [0.25, 0.3) is 0 Å². The predicted octanol–water partition coefficient (Wildman–Crippen LogP) is 2.68. The largest absolute Gasteiger partial charge is 0.494 e. The number of ether oxygens (including phenoxy) is 3. The van der Waals surface area contributed by atoms with Gasteiger partial charge >= 0.3 is 0 Å². The first kappa shape index (κ1) is 17.6. The van der Waals surface area contributed by atoms with Crippen LogP contribution in [-0.2, 0) is 19.6 Å². The second-order valence-corrected chi connectivity index (χ2v) is 6.07. The molecular formula is C20H25NO4. The highest BCUT2D eigenvalue weighted by atomic mass is 16.5. The number of methoxy groups -OCH3 is 1. The maximum atomic E-state index is 9.51. The Kier molecular flexibility index (Phi) is 5.79. The molecule has 0 amide bonds. The van der Waals surface area contributed by atoms with Crippen molar-refractivity contribution >= 4 is 0 Å². The van der Waals surface area contributed by atoms with Crippen molar-refractivity contribution in [2.45, 2.75) is 32.5 Å². The molecule has 1 atom stereocenters. The van der Waals surface area contributed by atoms with Gasteiger partial charge in [0.2, 0.25) is 0 Å². The summed E-state index contributed by atoms with van der Waals surface area (Å²) < 4.78 is 16.8. The number of nitrogens with one attached hydrogen (secondary N) is 1. The molecule has 5 nitrogen and oxygen atoms in total. The third-order valence-electron chi connectivity index (χ3n) is 4.37. The summed E-state index contributed by atoms with van der Waals surface area (Å²) in [4.78, 5) is 0. The maximum Gasteiger partial charge on any atom is 0.164 e. The smallest absolute Gasteiger partial charge is 0.164 e. The van der Waals surface area contributed by atoms with E-state index in [0.29, 0.717) is 19.8 Å². The van der Waals surface area contributed by atoms with Crippen LogP contribution in [0.3, 0.4) is 0 Å². The molecule has 0 saturated carbocycles. The van der Waals surface area contributed by atoms with Crippen LogP contribution in [0.15, 0.2) is 36.4 Å². The van der Waals surface area contributed by atoms with Crippen LogP contribution in [0.2, 0.25) is 0 Å². The molecule has 0 spiro atoms. The van der Waals surface area contributed by atoms with Gasteiger partial charge in [0.15, 0.2) is 11.5 Å². The first-order valence-electron chi connectivity index (χ1n) is 8.62. The SMILES string of the molecule is CCOc1ccc(CN[C@H]2COc3c(cccc3OC)C2)cc1CO. The topological polar surface area (TPSA) is 60.0 Å². The zero-order valence-corrected chi connectivity index (χ0v) is 14.7. The molecular weight excluding hydrogens is 318 g/mol. The lowest BCUT2D eigenvalue weighted by Gasteiger charge is -2.27. The first-order valence-corrected chi connectivity index (χ1v) is 8.62. The van der Waals surface area contributed by atoms with Gasteiger partial charge in [-0.15, -0.1) is 0 Å². The van der Waals surface area contributed by atoms with Crippen LogP contribution < -0.4 is 19.5 Å². The fourth-order valence-electron chi connectivity index (χ4n) is 3.11. The fourth-order valence-corrected chi connectivity index (χ4v) is 3.11. The third kappa shape index (κ3) is 4.06. The minimum atomic E-state index is -0.0249. The Bertz CT molecular complexity index is 717. The molecule has 0 bridgehead atoms. The van der Waals surface area contributed by atoms with Gasteiger partial charge in [0.1, 0.15) is 12.4 Å². The van der Waals surface area contributed by atoms with Gasteiger partial charge < -0.3 is 24.6 Å². The Morgan fingerprint density at radius 2 is 2.12 bits per heavy atom. The molecule has 25 heavy (non-hydrogen) atoms. The van der Waals surface area contributed by atoms with E-state index >= 15 is 0 Å². The standard InChI is InChI=1S/C20H25NO4/c1-3-24-18-8-7-14(9-16(18)12-22)11-21-17-10-15-5-4-6-19(23-2)20(15)25-13-17/h4-9,17,21-22H,3,10-13H2,1-2H3/t17-/m1/s1. The monoisotopic (exact) mass is 343 g/mol. The van der Waals surface area contributed by atoms with E-state index in [4.69, 9.17) is 14.2 Å². The minimum absolute atomic E-state index is 0.0249. The van der Waals surface area contributed by atoms with Crippen LogP contribution in [0.25, 0.3) is 0 Å². The number of aliphatic hydroxyl groups is 1. The Labute approximate surface area is 148 Å². The molecule has 2 N–H and O–H groups in total. The van der Waals surface area contributed by atoms with Gasteiger partial charge in [0.05, 0.1) is 20.3 Å². The quantitative estimate of drug-likeness (QED) is 0.809. The second kappa shape index (κ2) is 8.23. The Hall–Kier alpha value is -2.24. The van der Waals surface area contributed by atoms with Gasteiger partial charge in [-0.05, 0) is 42.7 Å². The van der Waals surface area contributed by atoms with Crippen molar-refractivity contribution in [2.75, 3.05) is 20.3 Å². The number of benzene rings is 2. The summed E-state index contributed by atoms with van der Waals surface area (Å²) in [5, 5.41) is 13.0. The summed E-state index contributed by atoms with van der Waals surface area (Å²) in [6.45, 7) is 3.83. The molecule has 1 aliphatic heterocycles. The average Bonchev–Trinajstić information content (AvgIpc) is 2.66. The van der Waals surface area contributed by atoms with Crippen molar-refractivity contribution in [3.63, 3.8) is 0 Å². The molecule has 2 aromatic rings. The van der Waals surface area contributed by atoms with Crippen molar-refractivity contribution in [1.29, 1.82) is 0 Å². The lowest BCUT2D eigenvalue weighted by Crippen LogP contribution is -2.38. The van der Waals surface area contributed by atoms with Gasteiger partial charge in [0, 0.05) is 18.2 Å². The number of hydrogen-bond acceptors (Lipinski definition) is 5. The van der Waals surface area contributed by atoms with E-state index in [1.807, 2.05) is 37.3 Å². The van der Waals surface area contributed by atoms with E-state index in [9.17, 15) is 5.11 Å². The van der Waals surface area contributed by atoms with E-state index in [-0.39, 0.29) is 12.6 Å². The average molecular weight is 343 g/mol. The predicted molar refractivity (Wildman–Crippen MR) is 96.4 cm³/mol. The first-order chi connectivity index (χ1) is 12.2. The molecule has 0 fully saturated rings. The van der Waals surface area contributed by atoms with Crippen molar-refractivity contribution in [3.05, 3.63) is 53.1 Å². The molecule has 0 unspecified atom stereocenters. The van der Waals surface area contributed by atoms with Crippen molar-refractivity contribution in [3.8, 4) is 17.2 Å². The van der Waals surface area contributed by atoms with Crippen LogP contribution in [-0.4, -0.2) is 31.5 Å². The van der Waals surface area contributed by atoms with E-state index in [0.717, 1.165) is 40.4 Å². The highest BCUT2D eigenvalue weighted by Gasteiger charge is 2.22. The van der Waals surface area contributed by atoms with Gasteiger partial charge in [-0.1, -0.05) is 18.2 Å². The molecule has 1 heterocycles. The van der Waals surface area contributed by atoms with Gasteiger partial charge in [-0.25, -0.2) is 0 Å². The maximum absolute atomic E-state index is 9.51. The zero-order valence-electron chi connectivity index (χ0n) is 14.7. The molecule has 134 valence electrons. The van der Waals surface area contributed by atoms with Crippen LogP contribution in [0, 0.1) is 0 Å². The number of hydrogen-bond donors (Lipinski definition) is 2. The summed E-state index contributed by atoms with van der Waals surface area (Å²) in [5.41, 5.74) is 3.09. The normalized spacial score (nSPS) is 16.0. The van der Waals surface area contributed by atoms with Crippen LogP contribution in [0.1, 0.15) is 23.6 Å². The number of para-hydroxylation sites is 1. The summed E-state index contributed by atoms with van der Waals surface area (Å²) >= 11 is 0. The molecule has 5 heteroatoms. The van der Waals surface area contributed by atoms with Gasteiger partial charge in [-0.2, -0.15) is 0 Å². The van der Waals surface area contributed by atoms with Crippen LogP contribution >= 0.6 is 0 Å². The molecule has 0 aliphatic carbocycles. The number of rotatable bonds is 7. The van der Waals surface area contributed by atoms with Crippen molar-refractivity contribution in [2.24, 2.45) is 0 Å². The summed E-state index contributed by atoms with van der Waals surface area (Å²) in [6, 6.07) is 12.2. The lowest BCUT2D eigenvalue weighted by molar-refractivity contribution is 0.226. The molecule has 3 rings (SSSR count). The summed E-state index contributed by atoms with van der Waals surface area (Å²) in [6.07, 6.45) is 0.899. The fraction of sp³-hybridized carbons (Fsp3) is 0.400. The Balaban J connectivity index is 1.63. The highest BCUT2D eigenvalue weighted by molar-refractivity contribution is 5.48. The molecule has 0 aromatic heterocycles. The Morgan fingerprint density at radius 1 is 1.24 bits per heavy atom. The molecule has 0 radical (unpaired) electrons. The second-order valence-electron chi connectivity index (χ2n) is 6.07. The van der Waals surface area contributed by atoms with E-state index in [2.05, 4.69) is 11.4 Å². The van der Waals surface area contributed by atoms with E-state index < -0.39 is 0 Å². The lowest BCUT2D eigenvalue weighted by atomic mass is 10.0. The molecule has 1 aliphatic rings. The van der Waals surface area contributed by atoms with Crippen LogP contribution in [0.4, 0.5) is 0 Å². The molecule has 2 aromatic carbocycles. The molecule has 0 saturated heterocycles. The minimum Gasteiger partial charge on any atom is -0.494 e.